The molecule has 1 heterocycles. The van der Waals surface area contributed by atoms with Gasteiger partial charge in [-0.3, -0.25) is 4.79 Å². The predicted molar refractivity (Wildman–Crippen MR) is 101 cm³/mol. The van der Waals surface area contributed by atoms with E-state index in [0.717, 1.165) is 17.9 Å². The molecule has 7 heteroatoms. The van der Waals surface area contributed by atoms with E-state index >= 15 is 0 Å². The summed E-state index contributed by atoms with van der Waals surface area (Å²) in [4.78, 5) is 20.8. The van der Waals surface area contributed by atoms with E-state index in [1.54, 1.807) is 20.1 Å². The number of nitrogens with zero attached hydrogens (tertiary/aromatic N) is 2. The fourth-order valence-electron chi connectivity index (χ4n) is 2.29. The summed E-state index contributed by atoms with van der Waals surface area (Å²) in [5.74, 6) is 1.67. The number of benzene rings is 1. The third-order valence-corrected chi connectivity index (χ3v) is 3.38. The van der Waals surface area contributed by atoms with E-state index in [4.69, 9.17) is 9.47 Å². The van der Waals surface area contributed by atoms with Gasteiger partial charge in [0, 0.05) is 32.0 Å². The van der Waals surface area contributed by atoms with E-state index in [1.165, 1.54) is 0 Å². The summed E-state index contributed by atoms with van der Waals surface area (Å²) in [5.41, 5.74) is 1.18. The maximum atomic E-state index is 12.2. The van der Waals surface area contributed by atoms with Crippen LogP contribution in [0, 0.1) is 6.92 Å². The maximum absolute atomic E-state index is 12.2. The average Bonchev–Trinajstić information content (AvgIpc) is 2.59. The number of aryl methyl sites for hydroxylation is 1. The largest absolute Gasteiger partial charge is 0.491 e. The Kier molecular flexibility index (Phi) is 7.35. The van der Waals surface area contributed by atoms with E-state index in [0.29, 0.717) is 30.5 Å². The number of anilines is 2. The predicted octanol–water partition coefficient (Wildman–Crippen LogP) is 3.08. The standard InChI is InChI=1S/C19H26N4O3/c1-13(2)26-16-8-6-15(7-9-16)23-18-12-17(21-14(3)22-18)19(24)20-10-5-11-25-4/h6-9,12-13H,5,10-11H2,1-4H3,(H,20,24)(H,21,22,23). The van der Waals surface area contributed by atoms with Gasteiger partial charge in [0.05, 0.1) is 6.10 Å². The number of carbonyl (C=O) groups is 1. The van der Waals surface area contributed by atoms with Gasteiger partial charge < -0.3 is 20.1 Å². The number of rotatable bonds is 9. The molecule has 1 amide bonds. The zero-order chi connectivity index (χ0) is 18.9. The SMILES string of the molecule is COCCCNC(=O)c1cc(Nc2ccc(OC(C)C)cc2)nc(C)n1. The number of carbonyl (C=O) groups excluding carboxylic acids is 1. The zero-order valence-corrected chi connectivity index (χ0v) is 15.7. The van der Waals surface area contributed by atoms with E-state index < -0.39 is 0 Å². The smallest absolute Gasteiger partial charge is 0.270 e. The lowest BCUT2D eigenvalue weighted by Crippen LogP contribution is -2.26. The van der Waals surface area contributed by atoms with Crippen LogP contribution in [0.25, 0.3) is 0 Å². The average molecular weight is 358 g/mol. The molecule has 140 valence electrons. The van der Waals surface area contributed by atoms with Crippen LogP contribution in [-0.4, -0.2) is 42.2 Å². The fourth-order valence-corrected chi connectivity index (χ4v) is 2.29. The van der Waals surface area contributed by atoms with Gasteiger partial charge in [-0.15, -0.1) is 0 Å². The Morgan fingerprint density at radius 3 is 2.58 bits per heavy atom. The molecule has 0 bridgehead atoms. The molecule has 0 atom stereocenters. The molecular formula is C19H26N4O3. The van der Waals surface area contributed by atoms with Crippen molar-refractivity contribution in [2.24, 2.45) is 0 Å². The van der Waals surface area contributed by atoms with Crippen LogP contribution in [0.3, 0.4) is 0 Å². The van der Waals surface area contributed by atoms with Gasteiger partial charge in [0.1, 0.15) is 23.1 Å². The lowest BCUT2D eigenvalue weighted by molar-refractivity contribution is 0.0943. The van der Waals surface area contributed by atoms with Crippen LogP contribution in [0.1, 0.15) is 36.6 Å². The van der Waals surface area contributed by atoms with E-state index in [1.807, 2.05) is 38.1 Å². The molecule has 26 heavy (non-hydrogen) atoms. The fraction of sp³-hybridized carbons (Fsp3) is 0.421. The minimum absolute atomic E-state index is 0.128. The van der Waals surface area contributed by atoms with Crippen LogP contribution in [0.5, 0.6) is 5.75 Å². The second-order valence-corrected chi connectivity index (χ2v) is 6.10. The van der Waals surface area contributed by atoms with Crippen LogP contribution in [0.4, 0.5) is 11.5 Å². The molecule has 0 spiro atoms. The van der Waals surface area contributed by atoms with Gasteiger partial charge in [0.2, 0.25) is 0 Å². The first-order valence-corrected chi connectivity index (χ1v) is 8.64. The molecule has 7 nitrogen and oxygen atoms in total. The van der Waals surface area contributed by atoms with Crippen molar-refractivity contribution in [3.63, 3.8) is 0 Å². The van der Waals surface area contributed by atoms with Gasteiger partial charge in [0.15, 0.2) is 0 Å². The van der Waals surface area contributed by atoms with Gasteiger partial charge in [0.25, 0.3) is 5.91 Å². The summed E-state index contributed by atoms with van der Waals surface area (Å²) in [7, 11) is 1.63. The van der Waals surface area contributed by atoms with Gasteiger partial charge in [-0.25, -0.2) is 9.97 Å². The minimum atomic E-state index is -0.227. The molecule has 0 radical (unpaired) electrons. The molecule has 1 aromatic heterocycles. The molecule has 0 aliphatic carbocycles. The van der Waals surface area contributed by atoms with Crippen molar-refractivity contribution in [2.75, 3.05) is 25.6 Å². The first kappa shape index (κ1) is 19.7. The summed E-state index contributed by atoms with van der Waals surface area (Å²) < 4.78 is 10.6. The molecule has 0 saturated heterocycles. The number of nitrogens with one attached hydrogen (secondary N) is 2. The van der Waals surface area contributed by atoms with Gasteiger partial charge in [-0.05, 0) is 51.5 Å². The van der Waals surface area contributed by atoms with Gasteiger partial charge in [-0.2, -0.15) is 0 Å². The normalized spacial score (nSPS) is 10.7. The molecule has 0 aliphatic rings. The van der Waals surface area contributed by atoms with Gasteiger partial charge in [-0.1, -0.05) is 0 Å². The third-order valence-electron chi connectivity index (χ3n) is 3.38. The van der Waals surface area contributed by atoms with Crippen molar-refractivity contribution < 1.29 is 14.3 Å². The highest BCUT2D eigenvalue weighted by atomic mass is 16.5. The molecule has 2 aromatic rings. The van der Waals surface area contributed by atoms with E-state index in [-0.39, 0.29) is 12.0 Å². The molecule has 2 N–H and O–H groups in total. The first-order chi connectivity index (χ1) is 12.5. The molecule has 1 aromatic carbocycles. The van der Waals surface area contributed by atoms with Crippen LogP contribution in [-0.2, 0) is 4.74 Å². The summed E-state index contributed by atoms with van der Waals surface area (Å²) >= 11 is 0. The van der Waals surface area contributed by atoms with Crippen molar-refractivity contribution in [2.45, 2.75) is 33.3 Å². The van der Waals surface area contributed by atoms with Crippen molar-refractivity contribution >= 4 is 17.4 Å². The van der Waals surface area contributed by atoms with Crippen molar-refractivity contribution in [3.05, 3.63) is 41.9 Å². The summed E-state index contributed by atoms with van der Waals surface area (Å²) in [5, 5.41) is 6.01. The molecule has 0 aliphatic heterocycles. The highest BCUT2D eigenvalue weighted by Gasteiger charge is 2.10. The Hall–Kier alpha value is -2.67. The number of methoxy groups -OCH3 is 1. The van der Waals surface area contributed by atoms with E-state index in [9.17, 15) is 4.79 Å². The Morgan fingerprint density at radius 1 is 1.19 bits per heavy atom. The highest BCUT2D eigenvalue weighted by Crippen LogP contribution is 2.20. The van der Waals surface area contributed by atoms with E-state index in [2.05, 4.69) is 20.6 Å². The maximum Gasteiger partial charge on any atom is 0.270 e. The number of hydrogen-bond acceptors (Lipinski definition) is 6. The number of aromatic nitrogens is 2. The van der Waals surface area contributed by atoms with Gasteiger partial charge >= 0.3 is 0 Å². The topological polar surface area (TPSA) is 85.4 Å². The number of amides is 1. The Morgan fingerprint density at radius 2 is 1.92 bits per heavy atom. The van der Waals surface area contributed by atoms with Crippen molar-refractivity contribution in [1.82, 2.24) is 15.3 Å². The second kappa shape index (κ2) is 9.72. The monoisotopic (exact) mass is 358 g/mol. The summed E-state index contributed by atoms with van der Waals surface area (Å²) in [6.45, 7) is 6.87. The Bertz CT molecular complexity index is 717. The zero-order valence-electron chi connectivity index (χ0n) is 15.7. The number of ether oxygens (including phenoxy) is 2. The quantitative estimate of drug-likeness (QED) is 0.670. The highest BCUT2D eigenvalue weighted by molar-refractivity contribution is 5.93. The second-order valence-electron chi connectivity index (χ2n) is 6.10. The summed E-state index contributed by atoms with van der Waals surface area (Å²) in [6, 6.07) is 9.22. The Labute approximate surface area is 154 Å². The van der Waals surface area contributed by atoms with Crippen LogP contribution < -0.4 is 15.4 Å². The van der Waals surface area contributed by atoms with Crippen LogP contribution >= 0.6 is 0 Å². The lowest BCUT2D eigenvalue weighted by atomic mass is 10.3. The first-order valence-electron chi connectivity index (χ1n) is 8.64. The molecular weight excluding hydrogens is 332 g/mol. The molecule has 0 fully saturated rings. The minimum Gasteiger partial charge on any atom is -0.491 e. The molecule has 0 saturated carbocycles. The van der Waals surface area contributed by atoms with Crippen LogP contribution in [0.2, 0.25) is 0 Å². The number of hydrogen-bond donors (Lipinski definition) is 2. The molecule has 2 rings (SSSR count). The summed E-state index contributed by atoms with van der Waals surface area (Å²) in [6.07, 6.45) is 0.880. The third kappa shape index (κ3) is 6.33. The van der Waals surface area contributed by atoms with Crippen molar-refractivity contribution in [1.29, 1.82) is 0 Å². The van der Waals surface area contributed by atoms with Crippen LogP contribution in [0.15, 0.2) is 30.3 Å². The molecule has 0 unspecified atom stereocenters. The van der Waals surface area contributed by atoms with Crippen molar-refractivity contribution in [3.8, 4) is 5.75 Å². The Balaban J connectivity index is 2.03. The lowest BCUT2D eigenvalue weighted by Gasteiger charge is -2.11.